The van der Waals surface area contributed by atoms with Crippen LogP contribution in [0.15, 0.2) is 35.5 Å². The van der Waals surface area contributed by atoms with Crippen LogP contribution in [-0.2, 0) is 0 Å². The second kappa shape index (κ2) is 4.27. The lowest BCUT2D eigenvalue weighted by atomic mass is 9.96. The maximum absolute atomic E-state index is 3.71. The minimum atomic E-state index is 1.04. The van der Waals surface area contributed by atoms with Crippen molar-refractivity contribution in [3.05, 3.63) is 35.5 Å². The topological polar surface area (TPSA) is 12.0 Å². The van der Waals surface area contributed by atoms with Crippen LogP contribution >= 0.6 is 0 Å². The van der Waals surface area contributed by atoms with Crippen LogP contribution in [0.4, 0.5) is 0 Å². The van der Waals surface area contributed by atoms with Gasteiger partial charge in [-0.15, -0.1) is 0 Å². The second-order valence-electron chi connectivity index (χ2n) is 3.27. The number of nitrogens with one attached hydrogen (secondary N) is 1. The summed E-state index contributed by atoms with van der Waals surface area (Å²) in [4.78, 5) is 0. The van der Waals surface area contributed by atoms with E-state index in [2.05, 4.69) is 31.8 Å². The fraction of sp³-hybridized carbons (Fsp3) is 0.455. The van der Waals surface area contributed by atoms with Crippen molar-refractivity contribution in [2.75, 3.05) is 13.1 Å². The first-order valence-electron chi connectivity index (χ1n) is 4.44. The van der Waals surface area contributed by atoms with Gasteiger partial charge in [-0.05, 0) is 38.0 Å². The molecule has 12 heavy (non-hydrogen) atoms. The normalized spacial score (nSPS) is 19.7. The largest absolute Gasteiger partial charge is 0.313 e. The Morgan fingerprint density at radius 2 is 2.33 bits per heavy atom. The van der Waals surface area contributed by atoms with Gasteiger partial charge in [-0.2, -0.15) is 0 Å². The van der Waals surface area contributed by atoms with Crippen LogP contribution in [0, 0.1) is 0 Å². The molecule has 1 aliphatic heterocycles. The molecule has 1 nitrogen and oxygen atoms in total. The molecule has 1 heteroatoms. The van der Waals surface area contributed by atoms with E-state index in [0.29, 0.717) is 0 Å². The van der Waals surface area contributed by atoms with Gasteiger partial charge in [0.2, 0.25) is 0 Å². The highest BCUT2D eigenvalue weighted by Crippen LogP contribution is 2.20. The Labute approximate surface area is 74.9 Å². The summed E-state index contributed by atoms with van der Waals surface area (Å²) in [5.74, 6) is 0. The lowest BCUT2D eigenvalue weighted by Gasteiger charge is -2.19. The van der Waals surface area contributed by atoms with Crippen molar-refractivity contribution >= 4 is 0 Å². The minimum absolute atomic E-state index is 1.04. The van der Waals surface area contributed by atoms with Gasteiger partial charge in [0.25, 0.3) is 0 Å². The Morgan fingerprint density at radius 3 is 2.92 bits per heavy atom. The lowest BCUT2D eigenvalue weighted by molar-refractivity contribution is 0.681. The molecule has 0 fully saturated rings. The molecule has 0 aromatic heterocycles. The van der Waals surface area contributed by atoms with Crippen LogP contribution in [-0.4, -0.2) is 13.1 Å². The first-order valence-corrected chi connectivity index (χ1v) is 4.44. The fourth-order valence-corrected chi connectivity index (χ4v) is 1.62. The molecule has 0 saturated heterocycles. The molecule has 0 bridgehead atoms. The van der Waals surface area contributed by atoms with Crippen molar-refractivity contribution in [3.8, 4) is 0 Å². The molecule has 1 aliphatic rings. The van der Waals surface area contributed by atoms with Crippen LogP contribution in [0.1, 0.15) is 20.3 Å². The number of hydrogen-bond donors (Lipinski definition) is 1. The van der Waals surface area contributed by atoms with Gasteiger partial charge in [0, 0.05) is 6.54 Å². The van der Waals surface area contributed by atoms with Gasteiger partial charge >= 0.3 is 0 Å². The fourth-order valence-electron chi connectivity index (χ4n) is 1.62. The Bertz CT molecular complexity index is 228. The van der Waals surface area contributed by atoms with Gasteiger partial charge in [-0.1, -0.05) is 24.3 Å². The highest BCUT2D eigenvalue weighted by molar-refractivity contribution is 5.37. The van der Waals surface area contributed by atoms with E-state index in [0.717, 1.165) is 19.5 Å². The van der Waals surface area contributed by atoms with Crippen LogP contribution in [0.3, 0.4) is 0 Å². The van der Waals surface area contributed by atoms with Crippen molar-refractivity contribution in [1.29, 1.82) is 0 Å². The molecule has 66 valence electrons. The summed E-state index contributed by atoms with van der Waals surface area (Å²) in [6.07, 6.45) is 5.10. The van der Waals surface area contributed by atoms with E-state index in [1.54, 1.807) is 0 Å². The molecule has 0 amide bonds. The summed E-state index contributed by atoms with van der Waals surface area (Å²) in [5.41, 5.74) is 4.34. The predicted molar refractivity (Wildman–Crippen MR) is 54.1 cm³/mol. The van der Waals surface area contributed by atoms with E-state index in [-0.39, 0.29) is 0 Å². The average molecular weight is 163 g/mol. The predicted octanol–water partition coefficient (Wildman–Crippen LogP) is 2.43. The summed E-state index contributed by atoms with van der Waals surface area (Å²) >= 11 is 0. The van der Waals surface area contributed by atoms with Gasteiger partial charge in [0.15, 0.2) is 0 Å². The highest BCUT2D eigenvalue weighted by atomic mass is 14.9. The smallest absolute Gasteiger partial charge is 0.0167 e. The Hall–Kier alpha value is -0.820. The van der Waals surface area contributed by atoms with Gasteiger partial charge in [-0.25, -0.2) is 0 Å². The molecular weight excluding hydrogens is 146 g/mol. The maximum Gasteiger partial charge on any atom is 0.0167 e. The Balaban J connectivity index is 2.84. The van der Waals surface area contributed by atoms with Crippen LogP contribution in [0.2, 0.25) is 0 Å². The molecule has 1 rings (SSSR count). The monoisotopic (exact) mass is 163 g/mol. The van der Waals surface area contributed by atoms with E-state index < -0.39 is 0 Å². The molecule has 0 aromatic carbocycles. The van der Waals surface area contributed by atoms with Crippen LogP contribution in [0.5, 0.6) is 0 Å². The molecule has 0 aliphatic carbocycles. The molecule has 1 heterocycles. The Morgan fingerprint density at radius 1 is 1.58 bits per heavy atom. The van der Waals surface area contributed by atoms with Crippen molar-refractivity contribution in [1.82, 2.24) is 5.32 Å². The number of allylic oxidation sites excluding steroid dienone is 3. The SMILES string of the molecule is C=C/C=C(/C)C1=C(C)CNCC1. The maximum atomic E-state index is 3.71. The molecule has 0 unspecified atom stereocenters. The molecule has 0 radical (unpaired) electrons. The van der Waals surface area contributed by atoms with Crippen molar-refractivity contribution in [2.24, 2.45) is 0 Å². The van der Waals surface area contributed by atoms with E-state index in [1.807, 2.05) is 6.08 Å². The van der Waals surface area contributed by atoms with Crippen LogP contribution in [0.25, 0.3) is 0 Å². The summed E-state index contributed by atoms with van der Waals surface area (Å²) in [6, 6.07) is 0. The third-order valence-electron chi connectivity index (χ3n) is 2.30. The summed E-state index contributed by atoms with van der Waals surface area (Å²) < 4.78 is 0. The molecule has 0 saturated carbocycles. The standard InChI is InChI=1S/C11H17N/c1-4-5-9(2)11-6-7-12-8-10(11)3/h4-5,12H,1,6-8H2,2-3H3/b9-5-. The lowest BCUT2D eigenvalue weighted by Crippen LogP contribution is -2.24. The van der Waals surface area contributed by atoms with Crippen molar-refractivity contribution in [3.63, 3.8) is 0 Å². The van der Waals surface area contributed by atoms with Gasteiger partial charge in [0.1, 0.15) is 0 Å². The average Bonchev–Trinajstić information content (AvgIpc) is 2.05. The zero-order valence-corrected chi connectivity index (χ0v) is 7.98. The first-order chi connectivity index (χ1) is 5.75. The van der Waals surface area contributed by atoms with E-state index in [1.165, 1.54) is 16.7 Å². The van der Waals surface area contributed by atoms with Gasteiger partial charge in [-0.3, -0.25) is 0 Å². The zero-order chi connectivity index (χ0) is 8.97. The Kier molecular flexibility index (Phi) is 3.30. The quantitative estimate of drug-likeness (QED) is 0.616. The van der Waals surface area contributed by atoms with Crippen molar-refractivity contribution < 1.29 is 0 Å². The molecule has 0 spiro atoms. The van der Waals surface area contributed by atoms with Crippen molar-refractivity contribution in [2.45, 2.75) is 20.3 Å². The third kappa shape index (κ3) is 2.08. The van der Waals surface area contributed by atoms with Gasteiger partial charge in [0.05, 0.1) is 0 Å². The number of rotatable bonds is 2. The summed E-state index contributed by atoms with van der Waals surface area (Å²) in [6.45, 7) is 10.2. The zero-order valence-electron chi connectivity index (χ0n) is 7.98. The van der Waals surface area contributed by atoms with Gasteiger partial charge < -0.3 is 5.32 Å². The van der Waals surface area contributed by atoms with E-state index in [4.69, 9.17) is 0 Å². The van der Waals surface area contributed by atoms with Crippen LogP contribution < -0.4 is 5.32 Å². The van der Waals surface area contributed by atoms with E-state index in [9.17, 15) is 0 Å². The molecular formula is C11H17N. The molecule has 0 aromatic rings. The summed E-state index contributed by atoms with van der Waals surface area (Å²) in [5, 5.41) is 3.35. The molecule has 1 N–H and O–H groups in total. The molecule has 0 atom stereocenters. The minimum Gasteiger partial charge on any atom is -0.313 e. The highest BCUT2D eigenvalue weighted by Gasteiger charge is 2.08. The number of hydrogen-bond acceptors (Lipinski definition) is 1. The third-order valence-corrected chi connectivity index (χ3v) is 2.30. The summed E-state index contributed by atoms with van der Waals surface area (Å²) in [7, 11) is 0. The first kappa shape index (κ1) is 9.27. The second-order valence-corrected chi connectivity index (χ2v) is 3.27. The van der Waals surface area contributed by atoms with E-state index >= 15 is 0 Å².